The van der Waals surface area contributed by atoms with Gasteiger partial charge in [-0.15, -0.1) is 0 Å². The van der Waals surface area contributed by atoms with Crippen molar-refractivity contribution in [3.05, 3.63) is 34.7 Å². The van der Waals surface area contributed by atoms with Crippen molar-refractivity contribution >= 4 is 21.8 Å². The highest BCUT2D eigenvalue weighted by Crippen LogP contribution is 2.24. The predicted molar refractivity (Wildman–Crippen MR) is 52.8 cm³/mol. The van der Waals surface area contributed by atoms with Gasteiger partial charge in [0.05, 0.1) is 11.1 Å². The third-order valence-corrected chi connectivity index (χ3v) is 2.89. The molecule has 1 aromatic rings. The van der Waals surface area contributed by atoms with Gasteiger partial charge in [-0.3, -0.25) is 4.72 Å². The molecule has 0 fully saturated rings. The van der Waals surface area contributed by atoms with E-state index in [9.17, 15) is 8.42 Å². The van der Waals surface area contributed by atoms with Crippen molar-refractivity contribution in [2.75, 3.05) is 4.72 Å². The molecule has 0 atom stereocenters. The number of nitrogens with one attached hydrogen (secondary N) is 1. The Morgan fingerprint density at radius 2 is 2.08 bits per heavy atom. The molecule has 3 nitrogen and oxygen atoms in total. The van der Waals surface area contributed by atoms with Gasteiger partial charge in [0, 0.05) is 0 Å². The number of hydrogen-bond donors (Lipinski definition) is 1. The maximum absolute atomic E-state index is 11.1. The van der Waals surface area contributed by atoms with E-state index in [0.717, 1.165) is 11.1 Å². The van der Waals surface area contributed by atoms with Crippen molar-refractivity contribution < 1.29 is 8.42 Å². The normalized spacial score (nSPS) is 17.6. The number of aryl methyl sites for hydroxylation is 1. The minimum Gasteiger partial charge on any atom is -0.280 e. The second-order valence-electron chi connectivity index (χ2n) is 3.04. The molecule has 1 heterocycles. The highest BCUT2D eigenvalue weighted by molar-refractivity contribution is 7.95. The Kier molecular flexibility index (Phi) is 1.66. The molecule has 0 unspecified atom stereocenters. The first-order valence-corrected chi connectivity index (χ1v) is 5.43. The number of fused-ring (bicyclic) bond motifs is 1. The van der Waals surface area contributed by atoms with Gasteiger partial charge in [0.15, 0.2) is 0 Å². The smallest absolute Gasteiger partial charge is 0.255 e. The van der Waals surface area contributed by atoms with E-state index < -0.39 is 10.0 Å². The van der Waals surface area contributed by atoms with Gasteiger partial charge in [-0.05, 0) is 30.2 Å². The average Bonchev–Trinajstić information content (AvgIpc) is 2.01. The standard InChI is InChI=1S/C9H9NO2S/c1-7-2-3-8-4-5-13(11,12)10-9(8)6-7/h2-6,10H,1H3. The van der Waals surface area contributed by atoms with Crippen LogP contribution in [-0.4, -0.2) is 8.42 Å². The van der Waals surface area contributed by atoms with Crippen molar-refractivity contribution in [3.63, 3.8) is 0 Å². The largest absolute Gasteiger partial charge is 0.280 e. The van der Waals surface area contributed by atoms with E-state index >= 15 is 0 Å². The average molecular weight is 195 g/mol. The van der Waals surface area contributed by atoms with Crippen LogP contribution in [-0.2, 0) is 10.0 Å². The zero-order valence-electron chi connectivity index (χ0n) is 7.11. The van der Waals surface area contributed by atoms with Crippen LogP contribution in [0.5, 0.6) is 0 Å². The van der Waals surface area contributed by atoms with Gasteiger partial charge in [-0.1, -0.05) is 12.1 Å². The molecule has 0 amide bonds. The summed E-state index contributed by atoms with van der Waals surface area (Å²) in [6.45, 7) is 1.92. The van der Waals surface area contributed by atoms with Crippen LogP contribution in [0.15, 0.2) is 23.6 Å². The molecule has 4 heteroatoms. The Morgan fingerprint density at radius 1 is 1.31 bits per heavy atom. The molecule has 2 rings (SSSR count). The van der Waals surface area contributed by atoms with Crippen molar-refractivity contribution in [3.8, 4) is 0 Å². The van der Waals surface area contributed by atoms with Crippen LogP contribution < -0.4 is 4.72 Å². The molecular weight excluding hydrogens is 186 g/mol. The SMILES string of the molecule is Cc1ccc2c(c1)NS(=O)(=O)C=C2. The van der Waals surface area contributed by atoms with Crippen LogP contribution in [0.4, 0.5) is 5.69 Å². The maximum atomic E-state index is 11.1. The lowest BCUT2D eigenvalue weighted by Gasteiger charge is -2.13. The zero-order chi connectivity index (χ0) is 9.47. The summed E-state index contributed by atoms with van der Waals surface area (Å²) in [5.41, 5.74) is 2.60. The van der Waals surface area contributed by atoms with E-state index in [2.05, 4.69) is 4.72 Å². The first-order valence-electron chi connectivity index (χ1n) is 3.88. The van der Waals surface area contributed by atoms with E-state index in [-0.39, 0.29) is 0 Å². The summed E-state index contributed by atoms with van der Waals surface area (Å²) in [7, 11) is -3.24. The van der Waals surface area contributed by atoms with E-state index in [1.54, 1.807) is 6.08 Å². The Bertz CT molecular complexity index is 474. The molecule has 1 aliphatic rings. The summed E-state index contributed by atoms with van der Waals surface area (Å²) in [4.78, 5) is 0. The molecule has 0 aromatic heterocycles. The van der Waals surface area contributed by atoms with Crippen LogP contribution in [0.3, 0.4) is 0 Å². The lowest BCUT2D eigenvalue weighted by molar-refractivity contribution is 0.609. The highest BCUT2D eigenvalue weighted by atomic mass is 32.2. The molecule has 1 aliphatic heterocycles. The van der Waals surface area contributed by atoms with Crippen LogP contribution in [0, 0.1) is 6.92 Å². The van der Waals surface area contributed by atoms with Crippen LogP contribution in [0.25, 0.3) is 6.08 Å². The van der Waals surface area contributed by atoms with Crippen LogP contribution in [0.2, 0.25) is 0 Å². The van der Waals surface area contributed by atoms with Gasteiger partial charge in [0.1, 0.15) is 0 Å². The Labute approximate surface area is 77.1 Å². The topological polar surface area (TPSA) is 46.2 Å². The third-order valence-electron chi connectivity index (χ3n) is 1.89. The maximum Gasteiger partial charge on any atom is 0.255 e. The van der Waals surface area contributed by atoms with Gasteiger partial charge < -0.3 is 0 Å². The first-order chi connectivity index (χ1) is 6.07. The molecule has 0 aliphatic carbocycles. The Morgan fingerprint density at radius 3 is 2.85 bits per heavy atom. The number of hydrogen-bond acceptors (Lipinski definition) is 2. The van der Waals surface area contributed by atoms with Crippen LogP contribution in [0.1, 0.15) is 11.1 Å². The summed E-state index contributed by atoms with van der Waals surface area (Å²) in [6, 6.07) is 5.65. The fourth-order valence-corrected chi connectivity index (χ4v) is 2.13. The summed E-state index contributed by atoms with van der Waals surface area (Å²) >= 11 is 0. The highest BCUT2D eigenvalue weighted by Gasteiger charge is 2.13. The third kappa shape index (κ3) is 1.58. The number of benzene rings is 1. The first kappa shape index (κ1) is 8.31. The van der Waals surface area contributed by atoms with Crippen molar-refractivity contribution in [2.45, 2.75) is 6.92 Å². The second kappa shape index (κ2) is 2.60. The monoisotopic (exact) mass is 195 g/mol. The lowest BCUT2D eigenvalue weighted by atomic mass is 10.1. The van der Waals surface area contributed by atoms with Crippen molar-refractivity contribution in [1.82, 2.24) is 0 Å². The molecule has 1 N–H and O–H groups in total. The molecule has 0 spiro atoms. The minimum atomic E-state index is -3.24. The summed E-state index contributed by atoms with van der Waals surface area (Å²) < 4.78 is 24.7. The molecular formula is C9H9NO2S. The molecule has 0 saturated heterocycles. The molecule has 1 aromatic carbocycles. The minimum absolute atomic E-state index is 0.655. The van der Waals surface area contributed by atoms with E-state index in [0.29, 0.717) is 5.69 Å². The molecule has 0 bridgehead atoms. The summed E-state index contributed by atoms with van der Waals surface area (Å²) in [5, 5.41) is 1.17. The van der Waals surface area contributed by atoms with Gasteiger partial charge in [0.25, 0.3) is 10.0 Å². The quantitative estimate of drug-likeness (QED) is 0.685. The molecule has 0 saturated carbocycles. The number of sulfonamides is 1. The molecule has 68 valence electrons. The van der Waals surface area contributed by atoms with Crippen LogP contribution >= 0.6 is 0 Å². The van der Waals surface area contributed by atoms with E-state index in [4.69, 9.17) is 0 Å². The van der Waals surface area contributed by atoms with Gasteiger partial charge >= 0.3 is 0 Å². The number of anilines is 1. The lowest BCUT2D eigenvalue weighted by Crippen LogP contribution is -2.12. The van der Waals surface area contributed by atoms with Gasteiger partial charge in [-0.25, -0.2) is 8.42 Å². The van der Waals surface area contributed by atoms with E-state index in [1.165, 1.54) is 5.41 Å². The Balaban J connectivity index is 2.60. The van der Waals surface area contributed by atoms with Crippen molar-refractivity contribution in [2.24, 2.45) is 0 Å². The van der Waals surface area contributed by atoms with E-state index in [1.807, 2.05) is 25.1 Å². The van der Waals surface area contributed by atoms with Crippen molar-refractivity contribution in [1.29, 1.82) is 0 Å². The van der Waals surface area contributed by atoms with Gasteiger partial charge in [-0.2, -0.15) is 0 Å². The fourth-order valence-electron chi connectivity index (χ4n) is 1.25. The summed E-state index contributed by atoms with van der Waals surface area (Å²) in [5.74, 6) is 0. The van der Waals surface area contributed by atoms with Gasteiger partial charge in [0.2, 0.25) is 0 Å². The summed E-state index contributed by atoms with van der Waals surface area (Å²) in [6.07, 6.45) is 1.60. The molecule has 13 heavy (non-hydrogen) atoms. The molecule has 0 radical (unpaired) electrons. The Hall–Kier alpha value is -1.29. The second-order valence-corrected chi connectivity index (χ2v) is 4.61. The number of rotatable bonds is 0. The fraction of sp³-hybridized carbons (Fsp3) is 0.111. The zero-order valence-corrected chi connectivity index (χ0v) is 7.93. The predicted octanol–water partition coefficient (Wildman–Crippen LogP) is 1.72.